The van der Waals surface area contributed by atoms with Crippen LogP contribution in [0.5, 0.6) is 0 Å². The monoisotopic (exact) mass is 291 g/mol. The van der Waals surface area contributed by atoms with Crippen molar-refractivity contribution >= 4 is 30.6 Å². The van der Waals surface area contributed by atoms with Crippen molar-refractivity contribution in [2.75, 3.05) is 31.1 Å². The molecule has 2 rings (SSSR count). The molecular formula is C13H23Cl2N3. The second-order valence-corrected chi connectivity index (χ2v) is 5.37. The molecular weight excluding hydrogens is 269 g/mol. The first-order valence-electron chi connectivity index (χ1n) is 6.00. The normalized spacial score (nSPS) is 15.6. The zero-order valence-corrected chi connectivity index (χ0v) is 12.9. The van der Waals surface area contributed by atoms with Crippen molar-refractivity contribution in [1.29, 1.82) is 0 Å². The van der Waals surface area contributed by atoms with Gasteiger partial charge in [-0.15, -0.1) is 24.8 Å². The minimum Gasteiger partial charge on any atom is -0.354 e. The fourth-order valence-corrected chi connectivity index (χ4v) is 1.91. The molecule has 0 bridgehead atoms. The van der Waals surface area contributed by atoms with Crippen LogP contribution in [0.4, 0.5) is 5.82 Å². The standard InChI is InChI=1S/C13H21N3.2ClH/c1-13(2,3)11-5-4-6-12(15-11)16-9-7-14-8-10-16;;/h4-6,14H,7-10H2,1-3H3;2*1H. The van der Waals surface area contributed by atoms with E-state index in [9.17, 15) is 0 Å². The molecule has 0 atom stereocenters. The molecule has 1 aromatic rings. The van der Waals surface area contributed by atoms with Crippen molar-refractivity contribution in [3.8, 4) is 0 Å². The van der Waals surface area contributed by atoms with Gasteiger partial charge in [0.2, 0.25) is 0 Å². The van der Waals surface area contributed by atoms with Gasteiger partial charge in [0, 0.05) is 37.3 Å². The Morgan fingerprint density at radius 1 is 1.11 bits per heavy atom. The van der Waals surface area contributed by atoms with E-state index >= 15 is 0 Å². The van der Waals surface area contributed by atoms with Gasteiger partial charge in [0.05, 0.1) is 0 Å². The number of aromatic nitrogens is 1. The number of nitrogens with zero attached hydrogens (tertiary/aromatic N) is 2. The lowest BCUT2D eigenvalue weighted by molar-refractivity contribution is 0.558. The summed E-state index contributed by atoms with van der Waals surface area (Å²) in [6.45, 7) is 10.8. The summed E-state index contributed by atoms with van der Waals surface area (Å²) >= 11 is 0. The Hall–Kier alpha value is -0.510. The maximum Gasteiger partial charge on any atom is 0.128 e. The summed E-state index contributed by atoms with van der Waals surface area (Å²) in [5.74, 6) is 1.12. The molecule has 1 fully saturated rings. The lowest BCUT2D eigenvalue weighted by atomic mass is 9.92. The number of halogens is 2. The SMILES string of the molecule is CC(C)(C)c1cccc(N2CCNCC2)n1.Cl.Cl. The van der Waals surface area contributed by atoms with Crippen LogP contribution in [-0.2, 0) is 5.41 Å². The molecule has 18 heavy (non-hydrogen) atoms. The van der Waals surface area contributed by atoms with Gasteiger partial charge in [0.15, 0.2) is 0 Å². The summed E-state index contributed by atoms with van der Waals surface area (Å²) in [6, 6.07) is 6.34. The van der Waals surface area contributed by atoms with Gasteiger partial charge >= 0.3 is 0 Å². The zero-order valence-electron chi connectivity index (χ0n) is 11.3. The zero-order chi connectivity index (χ0) is 11.6. The van der Waals surface area contributed by atoms with E-state index in [0.717, 1.165) is 32.0 Å². The van der Waals surface area contributed by atoms with E-state index in [1.165, 1.54) is 5.69 Å². The molecule has 0 spiro atoms. The van der Waals surface area contributed by atoms with Crippen LogP contribution in [-0.4, -0.2) is 31.2 Å². The summed E-state index contributed by atoms with van der Waals surface area (Å²) in [7, 11) is 0. The number of pyridine rings is 1. The van der Waals surface area contributed by atoms with Crippen LogP contribution in [0.25, 0.3) is 0 Å². The molecule has 0 unspecified atom stereocenters. The fraction of sp³-hybridized carbons (Fsp3) is 0.615. The number of nitrogens with one attached hydrogen (secondary N) is 1. The van der Waals surface area contributed by atoms with Crippen LogP contribution < -0.4 is 10.2 Å². The quantitative estimate of drug-likeness (QED) is 0.862. The molecule has 0 aromatic carbocycles. The van der Waals surface area contributed by atoms with Gasteiger partial charge in [-0.25, -0.2) is 4.98 Å². The van der Waals surface area contributed by atoms with Crippen molar-refractivity contribution in [3.05, 3.63) is 23.9 Å². The van der Waals surface area contributed by atoms with Crippen LogP contribution >= 0.6 is 24.8 Å². The van der Waals surface area contributed by atoms with Crippen LogP contribution in [0.2, 0.25) is 0 Å². The Morgan fingerprint density at radius 2 is 1.72 bits per heavy atom. The third-order valence-electron chi connectivity index (χ3n) is 2.94. The third kappa shape index (κ3) is 4.30. The maximum atomic E-state index is 4.77. The van der Waals surface area contributed by atoms with Crippen molar-refractivity contribution in [2.24, 2.45) is 0 Å². The second kappa shape index (κ2) is 7.17. The number of hydrogen-bond acceptors (Lipinski definition) is 3. The molecule has 1 saturated heterocycles. The van der Waals surface area contributed by atoms with Gasteiger partial charge in [0.25, 0.3) is 0 Å². The average molecular weight is 292 g/mol. The smallest absolute Gasteiger partial charge is 0.128 e. The molecule has 1 N–H and O–H groups in total. The maximum absolute atomic E-state index is 4.77. The number of hydrogen-bond donors (Lipinski definition) is 1. The van der Waals surface area contributed by atoms with Crippen molar-refractivity contribution < 1.29 is 0 Å². The van der Waals surface area contributed by atoms with E-state index in [0.29, 0.717) is 0 Å². The molecule has 1 aliphatic heterocycles. The topological polar surface area (TPSA) is 28.2 Å². The predicted molar refractivity (Wildman–Crippen MR) is 82.5 cm³/mol. The lowest BCUT2D eigenvalue weighted by Crippen LogP contribution is -2.44. The summed E-state index contributed by atoms with van der Waals surface area (Å²) in [4.78, 5) is 7.12. The molecule has 2 heterocycles. The van der Waals surface area contributed by atoms with Crippen molar-refractivity contribution in [2.45, 2.75) is 26.2 Å². The third-order valence-corrected chi connectivity index (χ3v) is 2.94. The number of piperazine rings is 1. The van der Waals surface area contributed by atoms with E-state index in [1.54, 1.807) is 0 Å². The first-order valence-corrected chi connectivity index (χ1v) is 6.00. The van der Waals surface area contributed by atoms with Gasteiger partial charge < -0.3 is 10.2 Å². The van der Waals surface area contributed by atoms with Gasteiger partial charge in [-0.1, -0.05) is 26.8 Å². The summed E-state index contributed by atoms with van der Waals surface area (Å²) in [5, 5.41) is 3.36. The Bertz CT molecular complexity index is 357. The Balaban J connectivity index is 0.00000144. The van der Waals surface area contributed by atoms with Crippen molar-refractivity contribution in [3.63, 3.8) is 0 Å². The highest BCUT2D eigenvalue weighted by Gasteiger charge is 2.17. The molecule has 104 valence electrons. The van der Waals surface area contributed by atoms with Crippen LogP contribution in [0.1, 0.15) is 26.5 Å². The summed E-state index contributed by atoms with van der Waals surface area (Å²) in [6.07, 6.45) is 0. The van der Waals surface area contributed by atoms with Crippen molar-refractivity contribution in [1.82, 2.24) is 10.3 Å². The second-order valence-electron chi connectivity index (χ2n) is 5.37. The largest absolute Gasteiger partial charge is 0.354 e. The highest BCUT2D eigenvalue weighted by atomic mass is 35.5. The predicted octanol–water partition coefficient (Wildman–Crippen LogP) is 2.63. The Morgan fingerprint density at radius 3 is 2.28 bits per heavy atom. The van der Waals surface area contributed by atoms with Crippen LogP contribution in [0.15, 0.2) is 18.2 Å². The van der Waals surface area contributed by atoms with E-state index < -0.39 is 0 Å². The van der Waals surface area contributed by atoms with E-state index in [-0.39, 0.29) is 30.2 Å². The minimum absolute atomic E-state index is 0. The first-order chi connectivity index (χ1) is 7.57. The van der Waals surface area contributed by atoms with Gasteiger partial charge in [-0.05, 0) is 12.1 Å². The fourth-order valence-electron chi connectivity index (χ4n) is 1.91. The van der Waals surface area contributed by atoms with Gasteiger partial charge in [-0.2, -0.15) is 0 Å². The number of rotatable bonds is 1. The average Bonchev–Trinajstić information content (AvgIpc) is 2.29. The minimum atomic E-state index is 0. The Kier molecular flexibility index (Phi) is 6.97. The van der Waals surface area contributed by atoms with Gasteiger partial charge in [-0.3, -0.25) is 0 Å². The molecule has 3 nitrogen and oxygen atoms in total. The van der Waals surface area contributed by atoms with Crippen LogP contribution in [0.3, 0.4) is 0 Å². The summed E-state index contributed by atoms with van der Waals surface area (Å²) < 4.78 is 0. The molecule has 1 aromatic heterocycles. The molecule has 0 amide bonds. The van der Waals surface area contributed by atoms with E-state index in [4.69, 9.17) is 4.98 Å². The van der Waals surface area contributed by atoms with Crippen LogP contribution in [0, 0.1) is 0 Å². The molecule has 0 aliphatic carbocycles. The highest BCUT2D eigenvalue weighted by molar-refractivity contribution is 5.85. The number of anilines is 1. The van der Waals surface area contributed by atoms with E-state index in [1.807, 2.05) is 0 Å². The van der Waals surface area contributed by atoms with E-state index in [2.05, 4.69) is 49.2 Å². The first kappa shape index (κ1) is 17.5. The highest BCUT2D eigenvalue weighted by Crippen LogP contribution is 2.22. The summed E-state index contributed by atoms with van der Waals surface area (Å²) in [5.41, 5.74) is 1.30. The molecule has 0 radical (unpaired) electrons. The van der Waals surface area contributed by atoms with Gasteiger partial charge in [0.1, 0.15) is 5.82 Å². The lowest BCUT2D eigenvalue weighted by Gasteiger charge is -2.29. The molecule has 0 saturated carbocycles. The molecule has 1 aliphatic rings. The molecule has 5 heteroatoms. The Labute approximate surface area is 122 Å².